The molecule has 3 atom stereocenters. The Labute approximate surface area is 311 Å². The Bertz CT molecular complexity index is 1430. The standard InChI is InChI=1S/C42H63N3O7/c1-41(2,3)31-13-11-30(12-14-31)39(47)43-38-24-26-45(40(48)44-38)25-23-37(51-28-27-46)29-52-42(32-9-7-6-8-10-32,33-15-19-35(49-4)20-16-33)34-17-21-36(50-5)22-18-34/h6-7,9,11,13,19,33-34,36-37,46H,8,10,12,14-18,20-29H2,1-5H3,(H,43,44,47,48)/t33?,34?,36?,37-,42?/m0/s1. The van der Waals surface area contributed by atoms with Gasteiger partial charge in [0.25, 0.3) is 5.91 Å². The Morgan fingerprint density at radius 2 is 1.81 bits per heavy atom. The quantitative estimate of drug-likeness (QED) is 0.182. The van der Waals surface area contributed by atoms with Crippen LogP contribution in [0, 0.1) is 17.3 Å². The van der Waals surface area contributed by atoms with Gasteiger partial charge in [0.15, 0.2) is 0 Å². The van der Waals surface area contributed by atoms with E-state index < -0.39 is 5.60 Å². The maximum absolute atomic E-state index is 13.2. The number of carbonyl (C=O) groups excluding carboxylic acids is 2. The third-order valence-corrected chi connectivity index (χ3v) is 11.8. The van der Waals surface area contributed by atoms with E-state index in [-0.39, 0.29) is 42.8 Å². The number of urea groups is 1. The van der Waals surface area contributed by atoms with Gasteiger partial charge in [-0.05, 0) is 99.5 Å². The molecule has 3 amide bonds. The zero-order chi connectivity index (χ0) is 37.1. The molecule has 288 valence electrons. The van der Waals surface area contributed by atoms with Gasteiger partial charge < -0.3 is 34.3 Å². The molecule has 0 aromatic heterocycles. The number of aliphatic hydroxyl groups is 1. The first-order valence-corrected chi connectivity index (χ1v) is 19.6. The number of methoxy groups -OCH3 is 2. The van der Waals surface area contributed by atoms with E-state index in [0.29, 0.717) is 62.2 Å². The Balaban J connectivity index is 1.27. The van der Waals surface area contributed by atoms with E-state index in [1.807, 2.05) is 13.2 Å². The summed E-state index contributed by atoms with van der Waals surface area (Å²) in [6.07, 6.45) is 24.2. The number of rotatable bonds is 15. The van der Waals surface area contributed by atoms with Gasteiger partial charge in [0, 0.05) is 38.6 Å². The van der Waals surface area contributed by atoms with Crippen molar-refractivity contribution in [1.29, 1.82) is 0 Å². The van der Waals surface area contributed by atoms with Crippen molar-refractivity contribution in [2.45, 2.75) is 122 Å². The highest BCUT2D eigenvalue weighted by molar-refractivity contribution is 6.09. The zero-order valence-corrected chi connectivity index (χ0v) is 32.3. The van der Waals surface area contributed by atoms with Crippen molar-refractivity contribution in [3.8, 4) is 0 Å². The minimum atomic E-state index is -0.462. The van der Waals surface area contributed by atoms with Gasteiger partial charge in [0.2, 0.25) is 0 Å². The summed E-state index contributed by atoms with van der Waals surface area (Å²) in [5.41, 5.74) is 3.01. The Morgan fingerprint density at radius 3 is 2.40 bits per heavy atom. The highest BCUT2D eigenvalue weighted by atomic mass is 16.5. The maximum atomic E-state index is 13.2. The SMILES string of the molecule is COC1=CCC(C(OC[C@H](CCN2CCC(NC(=O)C3=CC=C(C(C)(C)C)CC3)=NC2=O)OCCO)(C2=CC=CCC2)C2CCC(OC)CC2)CC1. The van der Waals surface area contributed by atoms with Gasteiger partial charge in [-0.1, -0.05) is 56.7 Å². The number of hydrogen-bond acceptors (Lipinski definition) is 7. The average Bonchev–Trinajstić information content (AvgIpc) is 3.17. The van der Waals surface area contributed by atoms with Crippen LogP contribution in [0.5, 0.6) is 0 Å². The van der Waals surface area contributed by atoms with Gasteiger partial charge in [-0.15, -0.1) is 0 Å². The number of nitrogens with one attached hydrogen (secondary N) is 1. The molecule has 1 saturated carbocycles. The summed E-state index contributed by atoms with van der Waals surface area (Å²) < 4.78 is 25.0. The summed E-state index contributed by atoms with van der Waals surface area (Å²) in [5, 5.41) is 12.6. The second-order valence-electron chi connectivity index (χ2n) is 16.0. The first-order chi connectivity index (χ1) is 25.1. The second kappa shape index (κ2) is 18.8. The van der Waals surface area contributed by atoms with Gasteiger partial charge >= 0.3 is 6.03 Å². The van der Waals surface area contributed by atoms with Gasteiger partial charge in [-0.3, -0.25) is 4.79 Å². The van der Waals surface area contributed by atoms with Crippen molar-refractivity contribution in [3.63, 3.8) is 0 Å². The van der Waals surface area contributed by atoms with E-state index in [2.05, 4.69) is 61.5 Å². The Hall–Kier alpha value is -3.05. The van der Waals surface area contributed by atoms with Crippen LogP contribution in [0.25, 0.3) is 0 Å². The molecule has 5 aliphatic rings. The molecule has 0 saturated heterocycles. The molecule has 10 heteroatoms. The lowest BCUT2D eigenvalue weighted by molar-refractivity contribution is -0.149. The smallest absolute Gasteiger partial charge is 0.345 e. The molecule has 5 rings (SSSR count). The summed E-state index contributed by atoms with van der Waals surface area (Å²) in [6, 6.07) is -0.359. The maximum Gasteiger partial charge on any atom is 0.345 e. The second-order valence-corrected chi connectivity index (χ2v) is 16.0. The van der Waals surface area contributed by atoms with Gasteiger partial charge in [-0.2, -0.15) is 4.99 Å². The fourth-order valence-electron chi connectivity index (χ4n) is 8.73. The molecular weight excluding hydrogens is 658 g/mol. The Morgan fingerprint density at radius 1 is 1.00 bits per heavy atom. The van der Waals surface area contributed by atoms with Crippen LogP contribution in [0.4, 0.5) is 4.79 Å². The molecule has 0 radical (unpaired) electrons. The molecular formula is C42H63N3O7. The molecule has 0 spiro atoms. The number of amides is 3. The van der Waals surface area contributed by atoms with E-state index in [1.165, 1.54) is 11.1 Å². The predicted molar refractivity (Wildman–Crippen MR) is 204 cm³/mol. The lowest BCUT2D eigenvalue weighted by atomic mass is 9.62. The normalized spacial score (nSPS) is 26.0. The van der Waals surface area contributed by atoms with Crippen molar-refractivity contribution in [2.75, 3.05) is 47.1 Å². The number of ether oxygens (including phenoxy) is 4. The summed E-state index contributed by atoms with van der Waals surface area (Å²) >= 11 is 0. The number of amidine groups is 1. The average molecular weight is 722 g/mol. The summed E-state index contributed by atoms with van der Waals surface area (Å²) in [6.45, 7) is 7.91. The summed E-state index contributed by atoms with van der Waals surface area (Å²) in [5.74, 6) is 1.90. The van der Waals surface area contributed by atoms with Crippen LogP contribution in [0.15, 0.2) is 63.9 Å². The van der Waals surface area contributed by atoms with Crippen LogP contribution in [-0.2, 0) is 23.7 Å². The van der Waals surface area contributed by atoms with Crippen LogP contribution in [0.2, 0.25) is 0 Å². The van der Waals surface area contributed by atoms with Crippen molar-refractivity contribution < 1.29 is 33.6 Å². The molecule has 1 aliphatic heterocycles. The van der Waals surface area contributed by atoms with Crippen LogP contribution >= 0.6 is 0 Å². The van der Waals surface area contributed by atoms with Gasteiger partial charge in [-0.25, -0.2) is 4.79 Å². The van der Waals surface area contributed by atoms with Gasteiger partial charge in [0.05, 0.1) is 50.5 Å². The van der Waals surface area contributed by atoms with Crippen molar-refractivity contribution in [1.82, 2.24) is 10.2 Å². The first-order valence-electron chi connectivity index (χ1n) is 19.6. The number of hydrogen-bond donors (Lipinski definition) is 2. The predicted octanol–water partition coefficient (Wildman–Crippen LogP) is 7.35. The minimum Gasteiger partial charge on any atom is -0.501 e. The van der Waals surface area contributed by atoms with E-state index in [0.717, 1.165) is 70.0 Å². The molecule has 2 N–H and O–H groups in total. The van der Waals surface area contributed by atoms with E-state index in [4.69, 9.17) is 18.9 Å². The highest BCUT2D eigenvalue weighted by Gasteiger charge is 2.50. The van der Waals surface area contributed by atoms with Crippen LogP contribution in [-0.4, -0.2) is 92.7 Å². The summed E-state index contributed by atoms with van der Waals surface area (Å²) in [7, 11) is 3.57. The zero-order valence-electron chi connectivity index (χ0n) is 32.3. The number of carbonyl (C=O) groups is 2. The van der Waals surface area contributed by atoms with Crippen molar-refractivity contribution in [2.24, 2.45) is 22.2 Å². The number of nitrogens with zero attached hydrogens (tertiary/aromatic N) is 2. The van der Waals surface area contributed by atoms with E-state index in [1.54, 1.807) is 12.0 Å². The summed E-state index contributed by atoms with van der Waals surface area (Å²) in [4.78, 5) is 32.2. The first kappa shape index (κ1) is 40.1. The van der Waals surface area contributed by atoms with Crippen molar-refractivity contribution >= 4 is 17.8 Å². The van der Waals surface area contributed by atoms with E-state index in [9.17, 15) is 14.7 Å². The van der Waals surface area contributed by atoms with Crippen LogP contribution < -0.4 is 5.32 Å². The fraction of sp³-hybridized carbons (Fsp3) is 0.690. The molecule has 2 unspecified atom stereocenters. The topological polar surface area (TPSA) is 119 Å². The molecule has 1 heterocycles. The number of aliphatic hydroxyl groups excluding tert-OH is 1. The fourth-order valence-corrected chi connectivity index (χ4v) is 8.73. The molecule has 0 aromatic rings. The third kappa shape index (κ3) is 10.1. The molecule has 0 bridgehead atoms. The van der Waals surface area contributed by atoms with E-state index >= 15 is 0 Å². The third-order valence-electron chi connectivity index (χ3n) is 11.8. The van der Waals surface area contributed by atoms with Crippen molar-refractivity contribution in [3.05, 3.63) is 58.9 Å². The molecule has 0 aromatic carbocycles. The largest absolute Gasteiger partial charge is 0.501 e. The van der Waals surface area contributed by atoms with Gasteiger partial charge in [0.1, 0.15) is 5.84 Å². The van der Waals surface area contributed by atoms with Crippen LogP contribution in [0.3, 0.4) is 0 Å². The number of allylic oxidation sites excluding steroid dienone is 8. The molecule has 10 nitrogen and oxygen atoms in total. The van der Waals surface area contributed by atoms with Crippen LogP contribution in [0.1, 0.15) is 104 Å². The molecule has 52 heavy (non-hydrogen) atoms. The highest BCUT2D eigenvalue weighted by Crippen LogP contribution is 2.51. The molecule has 4 aliphatic carbocycles. The lowest BCUT2D eigenvalue weighted by Gasteiger charge is -2.51. The minimum absolute atomic E-state index is 0.0784. The lowest BCUT2D eigenvalue weighted by Crippen LogP contribution is -2.53. The monoisotopic (exact) mass is 721 g/mol. The molecule has 1 fully saturated rings. The number of aliphatic imine (C=N–C) groups is 1. The Kier molecular flexibility index (Phi) is 14.5.